The Morgan fingerprint density at radius 1 is 0.558 bits per heavy atom. The van der Waals surface area contributed by atoms with Gasteiger partial charge in [0, 0.05) is 11.1 Å². The largest absolute Gasteiger partial charge is 0.487 e. The number of rotatable bonds is 10. The molecule has 3 rings (SSSR count). The van der Waals surface area contributed by atoms with E-state index in [0.29, 0.717) is 12.8 Å². The summed E-state index contributed by atoms with van der Waals surface area (Å²) < 4.78 is 125. The molecule has 0 saturated carbocycles. The molecular weight excluding hydrogens is 580 g/mol. The fraction of sp³-hybridized carbons (Fsp3) is 0.333. The van der Waals surface area contributed by atoms with Crippen molar-refractivity contribution in [3.8, 4) is 35.2 Å². The molecule has 0 unspecified atom stereocenters. The summed E-state index contributed by atoms with van der Waals surface area (Å²) in [6, 6.07) is 5.19. The number of halogens is 8. The van der Waals surface area contributed by atoms with Gasteiger partial charge in [-0.05, 0) is 36.6 Å². The maximum absolute atomic E-state index is 14.5. The lowest BCUT2D eigenvalue weighted by Gasteiger charge is -2.13. The second-order valence-electron chi connectivity index (χ2n) is 9.73. The Morgan fingerprint density at radius 3 is 1.37 bits per heavy atom. The molecule has 3 aromatic rings. The van der Waals surface area contributed by atoms with Gasteiger partial charge in [0.2, 0.25) is 23.3 Å². The Labute approximate surface area is 245 Å². The molecule has 0 radical (unpaired) electrons. The third kappa shape index (κ3) is 8.01. The van der Waals surface area contributed by atoms with Crippen molar-refractivity contribution in [1.82, 2.24) is 0 Å². The summed E-state index contributed by atoms with van der Waals surface area (Å²) in [5.74, 6) is -7.29. The van der Waals surface area contributed by atoms with E-state index in [1.165, 1.54) is 24.3 Å². The first kappa shape index (κ1) is 33.3. The molecule has 0 spiro atoms. The standard InChI is InChI=1S/C33H28F8O2/c1-4-6-7-8-17-42-32-28(38)24(34)22(25(35)29(32)39)15-13-20-9-11-21(12-10-20)14-16-23-26(36)30(40)33(31(41)27(23)37)43-18-19(3)5-2/h9-12,19H,4-8,17-18H2,1-3H3/t19-/m0/s1. The van der Waals surface area contributed by atoms with E-state index >= 15 is 0 Å². The molecule has 2 nitrogen and oxygen atoms in total. The third-order valence-corrected chi connectivity index (χ3v) is 6.45. The van der Waals surface area contributed by atoms with Crippen LogP contribution in [0.15, 0.2) is 24.3 Å². The molecule has 1 atom stereocenters. The predicted molar refractivity (Wildman–Crippen MR) is 146 cm³/mol. The lowest BCUT2D eigenvalue weighted by molar-refractivity contribution is 0.227. The third-order valence-electron chi connectivity index (χ3n) is 6.45. The summed E-state index contributed by atoms with van der Waals surface area (Å²) in [5, 5.41) is 0. The predicted octanol–water partition coefficient (Wildman–Crippen LogP) is 8.98. The summed E-state index contributed by atoms with van der Waals surface area (Å²) in [6.07, 6.45) is 3.59. The van der Waals surface area contributed by atoms with Crippen LogP contribution in [0.3, 0.4) is 0 Å². The second kappa shape index (κ2) is 15.3. The fourth-order valence-electron chi connectivity index (χ4n) is 3.65. The lowest BCUT2D eigenvalue weighted by Crippen LogP contribution is -2.12. The first-order chi connectivity index (χ1) is 20.5. The molecule has 0 heterocycles. The molecule has 0 aliphatic carbocycles. The van der Waals surface area contributed by atoms with E-state index in [9.17, 15) is 35.1 Å². The number of unbranched alkanes of at least 4 members (excludes halogenated alkanes) is 3. The van der Waals surface area contributed by atoms with Crippen LogP contribution in [0, 0.1) is 76.1 Å². The monoisotopic (exact) mass is 608 g/mol. The van der Waals surface area contributed by atoms with Crippen LogP contribution in [0.4, 0.5) is 35.1 Å². The molecule has 3 aromatic carbocycles. The van der Waals surface area contributed by atoms with Gasteiger partial charge in [0.1, 0.15) is 11.1 Å². The molecule has 43 heavy (non-hydrogen) atoms. The van der Waals surface area contributed by atoms with Gasteiger partial charge in [-0.25, -0.2) is 17.6 Å². The smallest absolute Gasteiger partial charge is 0.205 e. The van der Waals surface area contributed by atoms with E-state index in [1.807, 2.05) is 13.8 Å². The molecule has 10 heteroatoms. The van der Waals surface area contributed by atoms with Crippen LogP contribution < -0.4 is 9.47 Å². The van der Waals surface area contributed by atoms with E-state index in [-0.39, 0.29) is 30.3 Å². The SMILES string of the molecule is CCCCCCOc1c(F)c(F)c(C#Cc2ccc(C#Cc3c(F)c(F)c(OC[C@@H](C)CC)c(F)c3F)cc2)c(F)c1F. The van der Waals surface area contributed by atoms with Crippen LogP contribution in [-0.2, 0) is 0 Å². The van der Waals surface area contributed by atoms with Crippen molar-refractivity contribution in [2.75, 3.05) is 13.2 Å². The maximum Gasteiger partial charge on any atom is 0.205 e. The maximum atomic E-state index is 14.5. The first-order valence-electron chi connectivity index (χ1n) is 13.6. The molecule has 0 fully saturated rings. The minimum atomic E-state index is -1.72. The molecule has 0 saturated heterocycles. The Bertz CT molecular complexity index is 1520. The van der Waals surface area contributed by atoms with Crippen molar-refractivity contribution in [1.29, 1.82) is 0 Å². The Hall–Kier alpha value is -4.18. The highest BCUT2D eigenvalue weighted by Gasteiger charge is 2.27. The summed E-state index contributed by atoms with van der Waals surface area (Å²) in [4.78, 5) is 0. The zero-order valence-electron chi connectivity index (χ0n) is 23.7. The summed E-state index contributed by atoms with van der Waals surface area (Å²) in [6.45, 7) is 5.25. The van der Waals surface area contributed by atoms with Gasteiger partial charge >= 0.3 is 0 Å². The van der Waals surface area contributed by atoms with Gasteiger partial charge in [0.05, 0.1) is 13.2 Å². The number of benzene rings is 3. The van der Waals surface area contributed by atoms with Crippen molar-refractivity contribution in [3.05, 3.63) is 93.1 Å². The van der Waals surface area contributed by atoms with Crippen molar-refractivity contribution < 1.29 is 44.6 Å². The molecule has 0 aromatic heterocycles. The summed E-state index contributed by atoms with van der Waals surface area (Å²) >= 11 is 0. The van der Waals surface area contributed by atoms with Gasteiger partial charge in [-0.3, -0.25) is 0 Å². The molecule has 0 bridgehead atoms. The minimum absolute atomic E-state index is 0.109. The Kier molecular flexibility index (Phi) is 11.9. The number of hydrogen-bond donors (Lipinski definition) is 0. The molecule has 228 valence electrons. The van der Waals surface area contributed by atoms with E-state index in [0.717, 1.165) is 19.3 Å². The second-order valence-corrected chi connectivity index (χ2v) is 9.73. The zero-order chi connectivity index (χ0) is 31.7. The summed E-state index contributed by atoms with van der Waals surface area (Å²) in [7, 11) is 0. The van der Waals surface area contributed by atoms with E-state index < -0.39 is 69.2 Å². The minimum Gasteiger partial charge on any atom is -0.487 e. The van der Waals surface area contributed by atoms with E-state index in [4.69, 9.17) is 9.47 Å². The van der Waals surface area contributed by atoms with Crippen LogP contribution in [0.2, 0.25) is 0 Å². The number of ether oxygens (including phenoxy) is 2. The molecular formula is C33H28F8O2. The highest BCUT2D eigenvalue weighted by Crippen LogP contribution is 2.31. The van der Waals surface area contributed by atoms with Gasteiger partial charge in [-0.1, -0.05) is 70.1 Å². The molecule has 0 aliphatic rings. The Morgan fingerprint density at radius 2 is 0.977 bits per heavy atom. The van der Waals surface area contributed by atoms with Gasteiger partial charge in [-0.2, -0.15) is 17.6 Å². The molecule has 0 amide bonds. The topological polar surface area (TPSA) is 18.5 Å². The lowest BCUT2D eigenvalue weighted by atomic mass is 10.1. The average molecular weight is 609 g/mol. The zero-order valence-corrected chi connectivity index (χ0v) is 23.7. The average Bonchev–Trinajstić information content (AvgIpc) is 3.00. The summed E-state index contributed by atoms with van der Waals surface area (Å²) in [5.41, 5.74) is -2.00. The van der Waals surface area contributed by atoms with Crippen molar-refractivity contribution in [2.24, 2.45) is 5.92 Å². The van der Waals surface area contributed by atoms with Gasteiger partial charge in [-0.15, -0.1) is 0 Å². The van der Waals surface area contributed by atoms with Gasteiger partial charge in [0.15, 0.2) is 34.8 Å². The quantitative estimate of drug-likeness (QED) is 0.0990. The van der Waals surface area contributed by atoms with Crippen LogP contribution >= 0.6 is 0 Å². The van der Waals surface area contributed by atoms with Crippen molar-refractivity contribution >= 4 is 0 Å². The Balaban J connectivity index is 1.80. The highest BCUT2D eigenvalue weighted by molar-refractivity contribution is 5.51. The van der Waals surface area contributed by atoms with Crippen LogP contribution in [0.25, 0.3) is 0 Å². The van der Waals surface area contributed by atoms with Crippen LogP contribution in [-0.4, -0.2) is 13.2 Å². The van der Waals surface area contributed by atoms with Crippen molar-refractivity contribution in [2.45, 2.75) is 52.9 Å². The molecule has 0 N–H and O–H groups in total. The molecule has 0 aliphatic heterocycles. The highest BCUT2D eigenvalue weighted by atomic mass is 19.2. The number of hydrogen-bond acceptors (Lipinski definition) is 2. The van der Waals surface area contributed by atoms with E-state index in [1.54, 1.807) is 6.92 Å². The fourth-order valence-corrected chi connectivity index (χ4v) is 3.65. The van der Waals surface area contributed by atoms with Crippen LogP contribution in [0.5, 0.6) is 11.5 Å². The van der Waals surface area contributed by atoms with Crippen LogP contribution in [0.1, 0.15) is 75.1 Å². The van der Waals surface area contributed by atoms with Gasteiger partial charge in [0.25, 0.3) is 0 Å². The van der Waals surface area contributed by atoms with Gasteiger partial charge < -0.3 is 9.47 Å². The normalized spacial score (nSPS) is 11.3. The first-order valence-corrected chi connectivity index (χ1v) is 13.6. The van der Waals surface area contributed by atoms with E-state index in [2.05, 4.69) is 23.7 Å². The van der Waals surface area contributed by atoms with Crippen molar-refractivity contribution in [3.63, 3.8) is 0 Å².